The zero-order chi connectivity index (χ0) is 20.6. The lowest BCUT2D eigenvalue weighted by Crippen LogP contribution is -2.20. The first-order valence-corrected chi connectivity index (χ1v) is 9.88. The molecule has 0 aliphatic carbocycles. The number of anilines is 4. The first-order valence-electron chi connectivity index (χ1n) is 9.88. The zero-order valence-corrected chi connectivity index (χ0v) is 16.8. The van der Waals surface area contributed by atoms with Gasteiger partial charge < -0.3 is 15.0 Å². The van der Waals surface area contributed by atoms with E-state index >= 15 is 0 Å². The van der Waals surface area contributed by atoms with Crippen molar-refractivity contribution in [3.05, 3.63) is 96.7 Å². The number of para-hydroxylation sites is 3. The number of benzene rings is 3. The van der Waals surface area contributed by atoms with Gasteiger partial charge in [-0.2, -0.15) is 10.1 Å². The van der Waals surface area contributed by atoms with E-state index in [9.17, 15) is 0 Å². The maximum absolute atomic E-state index is 5.70. The van der Waals surface area contributed by atoms with Crippen LogP contribution in [0.2, 0.25) is 0 Å². The lowest BCUT2D eigenvalue weighted by molar-refractivity contribution is 0.342. The van der Waals surface area contributed by atoms with Crippen LogP contribution in [0.1, 0.15) is 12.5 Å². The molecule has 3 aromatic carbocycles. The Morgan fingerprint density at radius 1 is 0.867 bits per heavy atom. The molecule has 0 amide bonds. The lowest BCUT2D eigenvalue weighted by Gasteiger charge is -2.23. The Balaban J connectivity index is 1.65. The molecule has 0 saturated carbocycles. The van der Waals surface area contributed by atoms with Crippen LogP contribution in [-0.2, 0) is 6.54 Å². The number of aromatic nitrogens is 3. The molecule has 0 aliphatic heterocycles. The van der Waals surface area contributed by atoms with Crippen molar-refractivity contribution in [3.8, 4) is 5.75 Å². The number of rotatable bonds is 8. The third-order valence-corrected chi connectivity index (χ3v) is 4.49. The van der Waals surface area contributed by atoms with Gasteiger partial charge in [0.25, 0.3) is 5.95 Å². The first-order chi connectivity index (χ1) is 14.8. The Morgan fingerprint density at radius 2 is 1.57 bits per heavy atom. The second-order valence-electron chi connectivity index (χ2n) is 6.60. The molecule has 150 valence electrons. The summed E-state index contributed by atoms with van der Waals surface area (Å²) in [5, 5.41) is 11.8. The Kier molecular flexibility index (Phi) is 6.15. The largest absolute Gasteiger partial charge is 0.492 e. The van der Waals surface area contributed by atoms with Crippen LogP contribution in [0.25, 0.3) is 0 Å². The maximum atomic E-state index is 5.70. The van der Waals surface area contributed by atoms with Crippen LogP contribution < -0.4 is 15.0 Å². The molecule has 0 radical (unpaired) electrons. The second kappa shape index (κ2) is 9.52. The fourth-order valence-electron chi connectivity index (χ4n) is 3.11. The fraction of sp³-hybridized carbons (Fsp3) is 0.125. The van der Waals surface area contributed by atoms with Crippen molar-refractivity contribution in [2.45, 2.75) is 13.5 Å². The zero-order valence-electron chi connectivity index (χ0n) is 16.8. The average Bonchev–Trinajstić information content (AvgIpc) is 2.80. The predicted molar refractivity (Wildman–Crippen MR) is 119 cm³/mol. The fourth-order valence-corrected chi connectivity index (χ4v) is 3.11. The van der Waals surface area contributed by atoms with Gasteiger partial charge in [0, 0.05) is 5.69 Å². The predicted octanol–water partition coefficient (Wildman–Crippen LogP) is 5.35. The van der Waals surface area contributed by atoms with Crippen LogP contribution in [0.5, 0.6) is 5.75 Å². The van der Waals surface area contributed by atoms with Gasteiger partial charge in [0.05, 0.1) is 25.0 Å². The van der Waals surface area contributed by atoms with Crippen LogP contribution in [0.3, 0.4) is 0 Å². The summed E-state index contributed by atoms with van der Waals surface area (Å²) in [6.07, 6.45) is 1.61. The van der Waals surface area contributed by atoms with E-state index in [0.29, 0.717) is 24.9 Å². The summed E-state index contributed by atoms with van der Waals surface area (Å²) in [5.74, 6) is 1.88. The van der Waals surface area contributed by atoms with E-state index in [1.807, 2.05) is 84.6 Å². The molecule has 0 unspecified atom stereocenters. The van der Waals surface area contributed by atoms with Gasteiger partial charge in [-0.25, -0.2) is 0 Å². The van der Waals surface area contributed by atoms with Crippen LogP contribution in [0.4, 0.5) is 23.1 Å². The minimum Gasteiger partial charge on any atom is -0.492 e. The van der Waals surface area contributed by atoms with Gasteiger partial charge >= 0.3 is 0 Å². The topological polar surface area (TPSA) is 63.2 Å². The van der Waals surface area contributed by atoms with E-state index in [4.69, 9.17) is 9.72 Å². The van der Waals surface area contributed by atoms with Gasteiger partial charge in [-0.3, -0.25) is 0 Å². The van der Waals surface area contributed by atoms with Gasteiger partial charge in [0.2, 0.25) is 0 Å². The van der Waals surface area contributed by atoms with E-state index in [1.54, 1.807) is 6.20 Å². The Labute approximate surface area is 176 Å². The molecule has 0 aliphatic rings. The van der Waals surface area contributed by atoms with Gasteiger partial charge in [-0.1, -0.05) is 60.7 Å². The summed E-state index contributed by atoms with van der Waals surface area (Å²) in [6, 6.07) is 28.1. The Morgan fingerprint density at radius 3 is 2.33 bits per heavy atom. The molecule has 4 aromatic rings. The molecular weight excluding hydrogens is 374 g/mol. The van der Waals surface area contributed by atoms with Crippen molar-refractivity contribution in [2.75, 3.05) is 16.8 Å². The van der Waals surface area contributed by atoms with Gasteiger partial charge in [0.1, 0.15) is 5.75 Å². The quantitative estimate of drug-likeness (QED) is 0.432. The Hall–Kier alpha value is -3.93. The van der Waals surface area contributed by atoms with Crippen molar-refractivity contribution >= 4 is 23.1 Å². The summed E-state index contributed by atoms with van der Waals surface area (Å²) >= 11 is 0. The molecule has 0 saturated heterocycles. The molecule has 30 heavy (non-hydrogen) atoms. The van der Waals surface area contributed by atoms with E-state index in [0.717, 1.165) is 22.7 Å². The van der Waals surface area contributed by atoms with Crippen molar-refractivity contribution in [2.24, 2.45) is 0 Å². The molecule has 0 atom stereocenters. The summed E-state index contributed by atoms with van der Waals surface area (Å²) in [6.45, 7) is 3.18. The van der Waals surface area contributed by atoms with Crippen molar-refractivity contribution < 1.29 is 4.74 Å². The molecule has 6 heteroatoms. The summed E-state index contributed by atoms with van der Waals surface area (Å²) in [5.41, 5.74) is 2.99. The molecule has 4 rings (SSSR count). The second-order valence-corrected chi connectivity index (χ2v) is 6.60. The average molecular weight is 397 g/mol. The smallest absolute Gasteiger partial charge is 0.252 e. The molecule has 0 bridgehead atoms. The molecular formula is C24H23N5O. The van der Waals surface area contributed by atoms with Crippen LogP contribution in [0.15, 0.2) is 91.1 Å². The van der Waals surface area contributed by atoms with E-state index in [1.165, 1.54) is 0 Å². The number of nitrogens with zero attached hydrogens (tertiary/aromatic N) is 4. The summed E-state index contributed by atoms with van der Waals surface area (Å²) < 4.78 is 5.70. The minimum atomic E-state index is 0.518. The number of hydrogen-bond donors (Lipinski definition) is 1. The Bertz CT molecular complexity index is 1070. The van der Waals surface area contributed by atoms with Gasteiger partial charge in [0.15, 0.2) is 5.82 Å². The molecule has 1 N–H and O–H groups in total. The van der Waals surface area contributed by atoms with E-state index in [2.05, 4.69) is 27.6 Å². The number of hydrogen-bond acceptors (Lipinski definition) is 6. The summed E-state index contributed by atoms with van der Waals surface area (Å²) in [4.78, 5) is 6.77. The van der Waals surface area contributed by atoms with Gasteiger partial charge in [-0.15, -0.1) is 5.10 Å². The van der Waals surface area contributed by atoms with Crippen LogP contribution in [-0.4, -0.2) is 21.8 Å². The molecule has 0 fully saturated rings. The first kappa shape index (κ1) is 19.4. The highest BCUT2D eigenvalue weighted by molar-refractivity contribution is 5.65. The third-order valence-electron chi connectivity index (χ3n) is 4.49. The molecule has 1 heterocycles. The molecule has 6 nitrogen and oxygen atoms in total. The van der Waals surface area contributed by atoms with Gasteiger partial charge in [-0.05, 0) is 36.8 Å². The van der Waals surface area contributed by atoms with Crippen LogP contribution in [0, 0.1) is 0 Å². The van der Waals surface area contributed by atoms with Crippen molar-refractivity contribution in [1.82, 2.24) is 15.2 Å². The summed E-state index contributed by atoms with van der Waals surface area (Å²) in [7, 11) is 0. The monoisotopic (exact) mass is 397 g/mol. The van der Waals surface area contributed by atoms with Crippen molar-refractivity contribution in [3.63, 3.8) is 0 Å². The minimum absolute atomic E-state index is 0.518. The normalized spacial score (nSPS) is 10.4. The maximum Gasteiger partial charge on any atom is 0.252 e. The SMILES string of the molecule is CCOc1ccccc1Nc1cnnc(N(Cc2ccccc2)c2ccccc2)n1. The highest BCUT2D eigenvalue weighted by atomic mass is 16.5. The van der Waals surface area contributed by atoms with Crippen LogP contribution >= 0.6 is 0 Å². The third kappa shape index (κ3) is 4.72. The van der Waals surface area contributed by atoms with Crippen molar-refractivity contribution in [1.29, 1.82) is 0 Å². The van der Waals surface area contributed by atoms with E-state index < -0.39 is 0 Å². The number of ether oxygens (including phenoxy) is 1. The highest BCUT2D eigenvalue weighted by Crippen LogP contribution is 2.28. The lowest BCUT2D eigenvalue weighted by atomic mass is 10.2. The van der Waals surface area contributed by atoms with E-state index in [-0.39, 0.29) is 0 Å². The number of nitrogens with one attached hydrogen (secondary N) is 1. The molecule has 0 spiro atoms. The highest BCUT2D eigenvalue weighted by Gasteiger charge is 2.15. The standard InChI is InChI=1S/C24H23N5O/c1-2-30-22-16-10-9-15-21(22)26-23-17-25-28-24(27-23)29(20-13-7-4-8-14-20)18-19-11-5-3-6-12-19/h3-17H,2,18H2,1H3,(H,26,27,28). The molecule has 1 aromatic heterocycles.